The molecule has 0 radical (unpaired) electrons. The number of rotatable bonds is 4. The summed E-state index contributed by atoms with van der Waals surface area (Å²) in [6, 6.07) is -0.144. The number of aromatic nitrogens is 2. The third-order valence-corrected chi connectivity index (χ3v) is 2.57. The highest BCUT2D eigenvalue weighted by Gasteiger charge is 2.23. The van der Waals surface area contributed by atoms with Crippen molar-refractivity contribution in [3.63, 3.8) is 0 Å². The van der Waals surface area contributed by atoms with Crippen molar-refractivity contribution < 1.29 is 9.59 Å². The van der Waals surface area contributed by atoms with Crippen LogP contribution in [0, 0.1) is 0 Å². The molecular weight excluding hydrogens is 222 g/mol. The predicted octanol–water partition coefficient (Wildman–Crippen LogP) is -1.54. The fourth-order valence-corrected chi connectivity index (χ4v) is 1.72. The molecule has 1 fully saturated rings. The highest BCUT2D eigenvalue weighted by atomic mass is 16.2. The number of hydrogen-bond acceptors (Lipinski definition) is 4. The first-order valence-electron chi connectivity index (χ1n) is 5.48. The molecule has 0 aliphatic carbocycles. The van der Waals surface area contributed by atoms with Crippen molar-refractivity contribution in [2.24, 2.45) is 5.73 Å². The minimum Gasteiger partial charge on any atom is -0.354 e. The van der Waals surface area contributed by atoms with E-state index in [4.69, 9.17) is 5.73 Å². The van der Waals surface area contributed by atoms with Gasteiger partial charge in [0, 0.05) is 32.3 Å². The molecule has 0 saturated carbocycles. The maximum Gasteiger partial charge on any atom is 0.271 e. The van der Waals surface area contributed by atoms with E-state index < -0.39 is 0 Å². The summed E-state index contributed by atoms with van der Waals surface area (Å²) < 4.78 is 1.76. The van der Waals surface area contributed by atoms with Crippen LogP contribution in [0.3, 0.4) is 0 Å². The van der Waals surface area contributed by atoms with Gasteiger partial charge in [0.2, 0.25) is 5.91 Å². The minimum atomic E-state index is -0.262. The van der Waals surface area contributed by atoms with Gasteiger partial charge in [0.1, 0.15) is 5.69 Å². The maximum atomic E-state index is 11.8. The van der Waals surface area contributed by atoms with Crippen molar-refractivity contribution in [2.45, 2.75) is 19.0 Å². The van der Waals surface area contributed by atoms with E-state index in [-0.39, 0.29) is 17.9 Å². The summed E-state index contributed by atoms with van der Waals surface area (Å²) in [4.78, 5) is 26.7. The molecule has 2 rings (SSSR count). The highest BCUT2D eigenvalue weighted by molar-refractivity contribution is 5.93. The van der Waals surface area contributed by atoms with Crippen molar-refractivity contribution in [3.05, 3.63) is 18.2 Å². The van der Waals surface area contributed by atoms with E-state index in [0.717, 1.165) is 0 Å². The third kappa shape index (κ3) is 2.82. The molecule has 4 N–H and O–H groups in total. The smallest absolute Gasteiger partial charge is 0.271 e. The van der Waals surface area contributed by atoms with Gasteiger partial charge < -0.3 is 20.9 Å². The van der Waals surface area contributed by atoms with Crippen LogP contribution in [0.2, 0.25) is 0 Å². The molecule has 1 aliphatic heterocycles. The Morgan fingerprint density at radius 3 is 3.18 bits per heavy atom. The molecule has 1 saturated heterocycles. The molecule has 0 bridgehead atoms. The molecule has 1 aliphatic rings. The van der Waals surface area contributed by atoms with Crippen LogP contribution in [-0.2, 0) is 11.3 Å². The van der Waals surface area contributed by atoms with E-state index in [2.05, 4.69) is 15.6 Å². The molecule has 0 aromatic carbocycles. The summed E-state index contributed by atoms with van der Waals surface area (Å²) in [6.07, 6.45) is 3.54. The number of carbonyl (C=O) groups is 2. The van der Waals surface area contributed by atoms with Gasteiger partial charge in [-0.05, 0) is 0 Å². The standard InChI is InChI=1S/C10H15N5O2/c11-1-2-15-5-8(13-6-15)10(17)14-7-3-9(16)12-4-7/h5-7H,1-4,11H2,(H,12,16)(H,14,17). The van der Waals surface area contributed by atoms with E-state index in [1.807, 2.05) is 0 Å². The fraction of sp³-hybridized carbons (Fsp3) is 0.500. The van der Waals surface area contributed by atoms with Gasteiger partial charge in [0.15, 0.2) is 0 Å². The van der Waals surface area contributed by atoms with Crippen LogP contribution in [0.15, 0.2) is 12.5 Å². The number of nitrogens with one attached hydrogen (secondary N) is 2. The number of nitrogens with zero attached hydrogens (tertiary/aromatic N) is 2. The van der Waals surface area contributed by atoms with Crippen LogP contribution in [0.4, 0.5) is 0 Å². The summed E-state index contributed by atoms with van der Waals surface area (Å²) in [7, 11) is 0. The number of imidazole rings is 1. The lowest BCUT2D eigenvalue weighted by Gasteiger charge is -2.08. The predicted molar refractivity (Wildman–Crippen MR) is 60.2 cm³/mol. The molecule has 0 spiro atoms. The van der Waals surface area contributed by atoms with Gasteiger partial charge in [-0.15, -0.1) is 0 Å². The zero-order valence-electron chi connectivity index (χ0n) is 9.35. The largest absolute Gasteiger partial charge is 0.354 e. The molecule has 1 aromatic rings. The Bertz CT molecular complexity index is 428. The normalized spacial score (nSPS) is 19.1. The number of nitrogens with two attached hydrogens (primary N) is 1. The number of hydrogen-bond donors (Lipinski definition) is 3. The summed E-state index contributed by atoms with van der Waals surface area (Å²) >= 11 is 0. The van der Waals surface area contributed by atoms with Crippen LogP contribution in [0.1, 0.15) is 16.9 Å². The average molecular weight is 237 g/mol. The van der Waals surface area contributed by atoms with Crippen LogP contribution >= 0.6 is 0 Å². The lowest BCUT2D eigenvalue weighted by atomic mass is 10.2. The Labute approximate surface area is 98.4 Å². The third-order valence-electron chi connectivity index (χ3n) is 2.57. The lowest BCUT2D eigenvalue weighted by Crippen LogP contribution is -2.36. The van der Waals surface area contributed by atoms with Gasteiger partial charge >= 0.3 is 0 Å². The van der Waals surface area contributed by atoms with E-state index in [1.165, 1.54) is 0 Å². The molecule has 2 heterocycles. The van der Waals surface area contributed by atoms with Crippen molar-refractivity contribution in [1.82, 2.24) is 20.2 Å². The van der Waals surface area contributed by atoms with Crippen LogP contribution < -0.4 is 16.4 Å². The molecule has 7 heteroatoms. The molecular formula is C10H15N5O2. The second-order valence-corrected chi connectivity index (χ2v) is 3.96. The molecule has 1 unspecified atom stereocenters. The first-order valence-corrected chi connectivity index (χ1v) is 5.48. The Morgan fingerprint density at radius 1 is 1.71 bits per heavy atom. The lowest BCUT2D eigenvalue weighted by molar-refractivity contribution is -0.119. The van der Waals surface area contributed by atoms with Gasteiger partial charge in [-0.1, -0.05) is 0 Å². The van der Waals surface area contributed by atoms with Gasteiger partial charge in [-0.3, -0.25) is 9.59 Å². The van der Waals surface area contributed by atoms with Gasteiger partial charge in [-0.2, -0.15) is 0 Å². The van der Waals surface area contributed by atoms with Gasteiger partial charge in [0.25, 0.3) is 5.91 Å². The summed E-state index contributed by atoms with van der Waals surface area (Å²) in [5, 5.41) is 5.41. The maximum absolute atomic E-state index is 11.8. The van der Waals surface area contributed by atoms with E-state index in [1.54, 1.807) is 17.1 Å². The number of carbonyl (C=O) groups excluding carboxylic acids is 2. The zero-order valence-corrected chi connectivity index (χ0v) is 9.35. The Kier molecular flexibility index (Phi) is 3.38. The van der Waals surface area contributed by atoms with Crippen LogP contribution in [0.25, 0.3) is 0 Å². The SMILES string of the molecule is NCCn1cnc(C(=O)NC2CNC(=O)C2)c1. The first kappa shape index (κ1) is 11.6. The van der Waals surface area contributed by atoms with Gasteiger partial charge in [0.05, 0.1) is 12.4 Å². The monoisotopic (exact) mass is 237 g/mol. The Morgan fingerprint density at radius 2 is 2.53 bits per heavy atom. The second kappa shape index (κ2) is 4.96. The van der Waals surface area contributed by atoms with Crippen molar-refractivity contribution in [2.75, 3.05) is 13.1 Å². The highest BCUT2D eigenvalue weighted by Crippen LogP contribution is 2.02. The molecule has 2 amide bonds. The number of amides is 2. The Hall–Kier alpha value is -1.89. The topological polar surface area (TPSA) is 102 Å². The summed E-state index contributed by atoms with van der Waals surface area (Å²) in [5.41, 5.74) is 5.74. The molecule has 17 heavy (non-hydrogen) atoms. The Balaban J connectivity index is 1.92. The van der Waals surface area contributed by atoms with E-state index >= 15 is 0 Å². The molecule has 7 nitrogen and oxygen atoms in total. The van der Waals surface area contributed by atoms with Crippen molar-refractivity contribution >= 4 is 11.8 Å². The summed E-state index contributed by atoms with van der Waals surface area (Å²) in [6.45, 7) is 1.61. The van der Waals surface area contributed by atoms with Gasteiger partial charge in [-0.25, -0.2) is 4.98 Å². The summed E-state index contributed by atoms with van der Waals surface area (Å²) in [5.74, 6) is -0.300. The second-order valence-electron chi connectivity index (χ2n) is 3.96. The zero-order chi connectivity index (χ0) is 12.3. The first-order chi connectivity index (χ1) is 8.19. The molecule has 1 aromatic heterocycles. The average Bonchev–Trinajstić information content (AvgIpc) is 2.88. The minimum absolute atomic E-state index is 0.0380. The molecule has 92 valence electrons. The van der Waals surface area contributed by atoms with E-state index in [0.29, 0.717) is 31.7 Å². The van der Waals surface area contributed by atoms with Crippen molar-refractivity contribution in [1.29, 1.82) is 0 Å². The fourth-order valence-electron chi connectivity index (χ4n) is 1.72. The van der Waals surface area contributed by atoms with Crippen LogP contribution in [-0.4, -0.2) is 40.5 Å². The van der Waals surface area contributed by atoms with Crippen molar-refractivity contribution in [3.8, 4) is 0 Å². The quantitative estimate of drug-likeness (QED) is 0.590. The van der Waals surface area contributed by atoms with E-state index in [9.17, 15) is 9.59 Å². The van der Waals surface area contributed by atoms with Crippen LogP contribution in [0.5, 0.6) is 0 Å². The molecule has 1 atom stereocenters.